The summed E-state index contributed by atoms with van der Waals surface area (Å²) in [6, 6.07) is 3.27. The minimum atomic E-state index is -0.415. The summed E-state index contributed by atoms with van der Waals surface area (Å²) in [6.45, 7) is 3.74. The van der Waals surface area contributed by atoms with E-state index in [2.05, 4.69) is 5.32 Å². The van der Waals surface area contributed by atoms with Crippen LogP contribution in [0.4, 0.5) is 4.39 Å². The molecule has 0 radical (unpaired) electrons. The Kier molecular flexibility index (Phi) is 3.45. The number of hydrogen-bond acceptors (Lipinski definition) is 2. The number of hydrogen-bond donors (Lipinski definition) is 1. The van der Waals surface area contributed by atoms with Gasteiger partial charge in [-0.1, -0.05) is 13.0 Å². The summed E-state index contributed by atoms with van der Waals surface area (Å²) >= 11 is 0. The number of benzene rings is 1. The number of rotatable bonds is 2. The van der Waals surface area contributed by atoms with Crippen molar-refractivity contribution < 1.29 is 15.4 Å². The molecular weight excluding hydrogens is 233 g/mol. The zero-order valence-electron chi connectivity index (χ0n) is 10.5. The van der Waals surface area contributed by atoms with Gasteiger partial charge in [-0.15, -0.1) is 0 Å². The molecule has 98 valence electrons. The van der Waals surface area contributed by atoms with Crippen LogP contribution in [0.3, 0.4) is 0 Å². The van der Waals surface area contributed by atoms with Crippen molar-refractivity contribution in [3.8, 4) is 0 Å². The molecule has 1 unspecified atom stereocenters. The lowest BCUT2D eigenvalue weighted by Gasteiger charge is -2.22. The molecule has 1 aliphatic heterocycles. The van der Waals surface area contributed by atoms with Gasteiger partial charge in [0.25, 0.3) is 0 Å². The Balaban J connectivity index is 0.00000180. The molecule has 2 amide bonds. The van der Waals surface area contributed by atoms with Gasteiger partial charge in [0.2, 0.25) is 11.8 Å². The van der Waals surface area contributed by atoms with Crippen LogP contribution in [-0.4, -0.2) is 11.8 Å². The number of halogens is 1. The zero-order valence-corrected chi connectivity index (χ0v) is 10.5. The Morgan fingerprint density at radius 3 is 2.72 bits per heavy atom. The molecule has 2 rings (SSSR count). The third kappa shape index (κ3) is 2.28. The van der Waals surface area contributed by atoms with Gasteiger partial charge in [0.1, 0.15) is 5.82 Å². The van der Waals surface area contributed by atoms with E-state index < -0.39 is 5.92 Å². The van der Waals surface area contributed by atoms with Gasteiger partial charge < -0.3 is 0 Å². The molecule has 0 spiro atoms. The molecule has 1 saturated heterocycles. The Hall–Kier alpha value is -1.71. The molecule has 1 atom stereocenters. The molecule has 0 aromatic heterocycles. The molecule has 1 aromatic rings. The van der Waals surface area contributed by atoms with Crippen LogP contribution in [0, 0.1) is 12.7 Å². The first kappa shape index (κ1) is 12.7. The van der Waals surface area contributed by atoms with Crippen molar-refractivity contribution in [2.45, 2.75) is 39.0 Å². The monoisotopic (exact) mass is 251 g/mol. The fourth-order valence-electron chi connectivity index (χ4n) is 2.46. The van der Waals surface area contributed by atoms with Gasteiger partial charge in [-0.05, 0) is 42.5 Å². The van der Waals surface area contributed by atoms with E-state index in [0.717, 1.165) is 5.56 Å². The predicted octanol–water partition coefficient (Wildman–Crippen LogP) is 2.46. The minimum absolute atomic E-state index is 0. The van der Waals surface area contributed by atoms with Crippen molar-refractivity contribution in [2.24, 2.45) is 0 Å². The van der Waals surface area contributed by atoms with Gasteiger partial charge in [-0.25, -0.2) is 4.39 Å². The molecule has 18 heavy (non-hydrogen) atoms. The van der Waals surface area contributed by atoms with Crippen LogP contribution in [0.5, 0.6) is 0 Å². The fourth-order valence-corrected chi connectivity index (χ4v) is 2.46. The number of carbonyl (C=O) groups excluding carboxylic acids is 2. The third-order valence-corrected chi connectivity index (χ3v) is 3.44. The average Bonchev–Trinajstić information content (AvgIpc) is 2.28. The van der Waals surface area contributed by atoms with Crippen molar-refractivity contribution in [3.05, 3.63) is 34.6 Å². The molecule has 1 heterocycles. The summed E-state index contributed by atoms with van der Waals surface area (Å²) in [6.07, 6.45) is 1.40. The first-order valence-corrected chi connectivity index (χ1v) is 6.15. The number of piperidine rings is 1. The first-order chi connectivity index (χ1) is 8.52. The van der Waals surface area contributed by atoms with Crippen LogP contribution in [0.2, 0.25) is 0 Å². The fraction of sp³-hybridized carbons (Fsp3) is 0.429. The Labute approximate surface area is 107 Å². The number of carbonyl (C=O) groups is 2. The number of imide groups is 1. The maximum absolute atomic E-state index is 13.9. The van der Waals surface area contributed by atoms with Crippen LogP contribution in [0.1, 0.15) is 43.8 Å². The summed E-state index contributed by atoms with van der Waals surface area (Å²) in [5.74, 6) is -1.26. The maximum Gasteiger partial charge on any atom is 0.234 e. The van der Waals surface area contributed by atoms with Crippen LogP contribution < -0.4 is 5.32 Å². The van der Waals surface area contributed by atoms with Gasteiger partial charge in [0.15, 0.2) is 0 Å². The highest BCUT2D eigenvalue weighted by Gasteiger charge is 2.28. The lowest BCUT2D eigenvalue weighted by molar-refractivity contribution is -0.134. The van der Waals surface area contributed by atoms with Crippen LogP contribution >= 0.6 is 0 Å². The zero-order chi connectivity index (χ0) is 13.3. The van der Waals surface area contributed by atoms with E-state index in [0.29, 0.717) is 30.4 Å². The standard InChI is InChI=1S/C14H16FNO2.H2/c1-3-10-8(2)6-9(7-12(10)15)11-4-5-13(17)16-14(11)18;/h6-7,11H,3-5H2,1-2H3,(H,16,17,18);1H. The second-order valence-corrected chi connectivity index (χ2v) is 4.66. The SMILES string of the molecule is CCc1c(C)cc(C2CCC(=O)NC2=O)cc1F.[HH]. The summed E-state index contributed by atoms with van der Waals surface area (Å²) in [5.41, 5.74) is 2.20. The lowest BCUT2D eigenvalue weighted by atomic mass is 9.88. The predicted molar refractivity (Wildman–Crippen MR) is 67.8 cm³/mol. The summed E-state index contributed by atoms with van der Waals surface area (Å²) in [5, 5.41) is 2.30. The van der Waals surface area contributed by atoms with Crippen LogP contribution in [-0.2, 0) is 16.0 Å². The van der Waals surface area contributed by atoms with Gasteiger partial charge >= 0.3 is 0 Å². The molecule has 3 nitrogen and oxygen atoms in total. The first-order valence-electron chi connectivity index (χ1n) is 6.15. The largest absolute Gasteiger partial charge is 0.296 e. The topological polar surface area (TPSA) is 46.2 Å². The summed E-state index contributed by atoms with van der Waals surface area (Å²) in [7, 11) is 0. The molecule has 0 saturated carbocycles. The normalized spacial score (nSPS) is 19.8. The molecule has 0 bridgehead atoms. The molecule has 1 aliphatic rings. The molecule has 1 aromatic carbocycles. The quantitative estimate of drug-likeness (QED) is 0.821. The van der Waals surface area contributed by atoms with E-state index in [9.17, 15) is 14.0 Å². The second-order valence-electron chi connectivity index (χ2n) is 4.66. The van der Waals surface area contributed by atoms with Gasteiger partial charge in [-0.2, -0.15) is 0 Å². The third-order valence-electron chi connectivity index (χ3n) is 3.44. The molecular formula is C14H18FNO2. The van der Waals surface area contributed by atoms with Gasteiger partial charge in [0.05, 0.1) is 5.92 Å². The summed E-state index contributed by atoms with van der Waals surface area (Å²) < 4.78 is 13.9. The smallest absolute Gasteiger partial charge is 0.234 e. The van der Waals surface area contributed by atoms with Crippen molar-refractivity contribution in [3.63, 3.8) is 0 Å². The van der Waals surface area contributed by atoms with Crippen molar-refractivity contribution >= 4 is 11.8 Å². The van der Waals surface area contributed by atoms with Crippen molar-refractivity contribution in [1.82, 2.24) is 5.32 Å². The van der Waals surface area contributed by atoms with E-state index in [1.54, 1.807) is 0 Å². The highest BCUT2D eigenvalue weighted by Crippen LogP contribution is 2.28. The highest BCUT2D eigenvalue weighted by molar-refractivity contribution is 6.00. The van der Waals surface area contributed by atoms with Crippen molar-refractivity contribution in [2.75, 3.05) is 0 Å². The number of aryl methyl sites for hydroxylation is 1. The number of amides is 2. The van der Waals surface area contributed by atoms with E-state index in [1.807, 2.05) is 19.9 Å². The van der Waals surface area contributed by atoms with Gasteiger partial charge in [-0.3, -0.25) is 14.9 Å². The van der Waals surface area contributed by atoms with E-state index in [1.165, 1.54) is 6.07 Å². The molecule has 4 heteroatoms. The minimum Gasteiger partial charge on any atom is -0.296 e. The Morgan fingerprint density at radius 2 is 2.17 bits per heavy atom. The average molecular weight is 251 g/mol. The maximum atomic E-state index is 13.9. The number of nitrogens with one attached hydrogen (secondary N) is 1. The van der Waals surface area contributed by atoms with Crippen molar-refractivity contribution in [1.29, 1.82) is 0 Å². The van der Waals surface area contributed by atoms with E-state index >= 15 is 0 Å². The van der Waals surface area contributed by atoms with Crippen LogP contribution in [0.15, 0.2) is 12.1 Å². The Morgan fingerprint density at radius 1 is 1.44 bits per heavy atom. The van der Waals surface area contributed by atoms with Gasteiger partial charge in [0, 0.05) is 7.85 Å². The molecule has 1 fully saturated rings. The Bertz CT molecular complexity index is 493. The second kappa shape index (κ2) is 4.88. The molecule has 0 aliphatic carbocycles. The highest BCUT2D eigenvalue weighted by atomic mass is 19.1. The summed E-state index contributed by atoms with van der Waals surface area (Å²) in [4.78, 5) is 22.8. The molecule has 1 N–H and O–H groups in total. The van der Waals surface area contributed by atoms with Crippen LogP contribution in [0.25, 0.3) is 0 Å². The lowest BCUT2D eigenvalue weighted by Crippen LogP contribution is -2.39. The van der Waals surface area contributed by atoms with E-state index in [-0.39, 0.29) is 19.1 Å². The van der Waals surface area contributed by atoms with E-state index in [4.69, 9.17) is 0 Å².